The Kier molecular flexibility index (Phi) is 8.12. The summed E-state index contributed by atoms with van der Waals surface area (Å²) in [5.41, 5.74) is 1.30. The lowest BCUT2D eigenvalue weighted by Crippen LogP contribution is -2.05. The fourth-order valence-corrected chi connectivity index (χ4v) is 6.35. The first-order valence-electron chi connectivity index (χ1n) is 9.00. The minimum absolute atomic E-state index is 0.127. The predicted molar refractivity (Wildman–Crippen MR) is 127 cm³/mol. The van der Waals surface area contributed by atoms with E-state index in [-0.39, 0.29) is 21.2 Å². The number of anilines is 2. The third-order valence-electron chi connectivity index (χ3n) is 3.95. The van der Waals surface area contributed by atoms with Crippen LogP contribution >= 0.6 is 18.0 Å². The Bertz CT molecular complexity index is 1380. The summed E-state index contributed by atoms with van der Waals surface area (Å²) in [4.78, 5) is -0.275. The SMILES string of the molecule is Cc1cc(NP(=O)(Cl)Nc2cc(C)cc(S(=O)(=O)/C=C/C#N)c2)cc(S(=O)(=O)/C=C/C#N)c1. The lowest BCUT2D eigenvalue weighted by Gasteiger charge is -2.18. The first kappa shape index (κ1) is 26.2. The molecule has 0 aromatic heterocycles. The average molecular weight is 525 g/mol. The molecule has 0 unspecified atom stereocenters. The van der Waals surface area contributed by atoms with E-state index in [1.165, 1.54) is 36.4 Å². The molecule has 2 aromatic carbocycles. The Hall–Kier alpha value is -3.08. The Labute approximate surface area is 197 Å². The summed E-state index contributed by atoms with van der Waals surface area (Å²) in [6, 6.07) is 11.4. The van der Waals surface area contributed by atoms with Crippen LogP contribution in [0.2, 0.25) is 0 Å². The number of nitrogens with zero attached hydrogens (tertiary/aromatic N) is 2. The summed E-state index contributed by atoms with van der Waals surface area (Å²) in [5.74, 6) is 0. The highest BCUT2D eigenvalue weighted by Crippen LogP contribution is 2.51. The van der Waals surface area contributed by atoms with Crippen LogP contribution in [-0.4, -0.2) is 16.8 Å². The van der Waals surface area contributed by atoms with Crippen LogP contribution < -0.4 is 10.2 Å². The molecule has 0 heterocycles. The fourth-order valence-electron chi connectivity index (χ4n) is 2.71. The second-order valence-electron chi connectivity index (χ2n) is 6.78. The Morgan fingerprint density at radius 2 is 1.15 bits per heavy atom. The van der Waals surface area contributed by atoms with Gasteiger partial charge in [-0.1, -0.05) is 0 Å². The maximum Gasteiger partial charge on any atom is 0.347 e. The van der Waals surface area contributed by atoms with Gasteiger partial charge in [0.25, 0.3) is 0 Å². The second-order valence-corrected chi connectivity index (χ2v) is 13.4. The van der Waals surface area contributed by atoms with Gasteiger partial charge in [-0.3, -0.25) is 4.57 Å². The van der Waals surface area contributed by atoms with Crippen molar-refractivity contribution in [3.8, 4) is 12.1 Å². The van der Waals surface area contributed by atoms with E-state index in [4.69, 9.17) is 21.8 Å². The third kappa shape index (κ3) is 7.48. The molecule has 13 heteroatoms. The number of nitrogens with one attached hydrogen (secondary N) is 2. The quantitative estimate of drug-likeness (QED) is 0.365. The minimum Gasteiger partial charge on any atom is -0.308 e. The van der Waals surface area contributed by atoms with Crippen molar-refractivity contribution in [2.24, 2.45) is 0 Å². The average Bonchev–Trinajstić information content (AvgIpc) is 2.69. The number of aryl methyl sites for hydroxylation is 2. The van der Waals surface area contributed by atoms with Crippen LogP contribution in [0.3, 0.4) is 0 Å². The molecule has 0 amide bonds. The van der Waals surface area contributed by atoms with Gasteiger partial charge in [-0.05, 0) is 72.6 Å². The van der Waals surface area contributed by atoms with Gasteiger partial charge in [0.2, 0.25) is 19.7 Å². The van der Waals surface area contributed by atoms with Gasteiger partial charge in [0.05, 0.1) is 21.9 Å². The van der Waals surface area contributed by atoms with Crippen molar-refractivity contribution < 1.29 is 21.4 Å². The Morgan fingerprint density at radius 1 is 0.788 bits per heavy atom. The van der Waals surface area contributed by atoms with Gasteiger partial charge in [-0.25, -0.2) is 16.8 Å². The molecule has 172 valence electrons. The first-order valence-corrected chi connectivity index (χ1v) is 14.7. The largest absolute Gasteiger partial charge is 0.347 e. The fraction of sp³-hybridized carbons (Fsp3) is 0.100. The van der Waals surface area contributed by atoms with Crippen molar-refractivity contribution in [2.75, 3.05) is 10.2 Å². The monoisotopic (exact) mass is 524 g/mol. The molecule has 9 nitrogen and oxygen atoms in total. The van der Waals surface area contributed by atoms with Gasteiger partial charge in [-0.2, -0.15) is 10.5 Å². The molecule has 33 heavy (non-hydrogen) atoms. The topological polar surface area (TPSA) is 157 Å². The molecule has 0 aliphatic rings. The van der Waals surface area contributed by atoms with Crippen molar-refractivity contribution in [3.05, 3.63) is 70.5 Å². The number of sulfone groups is 2. The van der Waals surface area contributed by atoms with Crippen LogP contribution in [0.15, 0.2) is 69.2 Å². The molecule has 0 fully saturated rings. The molecule has 2 rings (SSSR count). The van der Waals surface area contributed by atoms with Crippen LogP contribution in [0, 0.1) is 36.5 Å². The molecular weight excluding hydrogens is 507 g/mol. The maximum atomic E-state index is 13.0. The van der Waals surface area contributed by atoms with Crippen molar-refractivity contribution in [2.45, 2.75) is 23.6 Å². The smallest absolute Gasteiger partial charge is 0.308 e. The van der Waals surface area contributed by atoms with Crippen LogP contribution in [0.25, 0.3) is 0 Å². The standard InChI is InChI=1S/C20H18ClN4O5PS2/c1-15-9-17(13-19(11-15)32(27,28)7-3-5-22)24-31(21,26)25-18-10-16(2)12-20(14-18)33(29,30)8-4-6-23/h3-4,7-14H,1-2H3,(H2,24,25,26)/b7-3+,8-4+. The summed E-state index contributed by atoms with van der Waals surface area (Å²) >= 11 is 6.13. The van der Waals surface area contributed by atoms with E-state index < -0.39 is 26.5 Å². The number of hydrogen-bond acceptors (Lipinski definition) is 7. The van der Waals surface area contributed by atoms with Gasteiger partial charge in [0.15, 0.2) is 0 Å². The van der Waals surface area contributed by atoms with Crippen LogP contribution in [-0.2, 0) is 24.2 Å². The van der Waals surface area contributed by atoms with Gasteiger partial charge >= 0.3 is 6.80 Å². The Balaban J connectivity index is 2.38. The number of allylic oxidation sites excluding steroid dienone is 2. The highest BCUT2D eigenvalue weighted by molar-refractivity contribution is 7.94. The van der Waals surface area contributed by atoms with Crippen LogP contribution in [0.5, 0.6) is 0 Å². The molecule has 0 bridgehead atoms. The van der Waals surface area contributed by atoms with E-state index in [1.54, 1.807) is 26.0 Å². The molecule has 0 spiro atoms. The lowest BCUT2D eigenvalue weighted by atomic mass is 10.2. The normalized spacial score (nSPS) is 12.4. The van der Waals surface area contributed by atoms with Crippen molar-refractivity contribution in [3.63, 3.8) is 0 Å². The molecule has 2 N–H and O–H groups in total. The summed E-state index contributed by atoms with van der Waals surface area (Å²) in [6.07, 6.45) is 1.65. The van der Waals surface area contributed by atoms with Crippen molar-refractivity contribution >= 4 is 49.1 Å². The zero-order valence-corrected chi connectivity index (χ0v) is 20.6. The zero-order valence-electron chi connectivity index (χ0n) is 17.4. The van der Waals surface area contributed by atoms with Crippen LogP contribution in [0.4, 0.5) is 11.4 Å². The molecule has 0 atom stereocenters. The van der Waals surface area contributed by atoms with E-state index in [0.717, 1.165) is 23.0 Å². The summed E-state index contributed by atoms with van der Waals surface area (Å²) in [7, 11) is -7.82. The van der Waals surface area contributed by atoms with Gasteiger partial charge in [0.1, 0.15) is 0 Å². The molecule has 0 radical (unpaired) electrons. The molecule has 0 aliphatic heterocycles. The lowest BCUT2D eigenvalue weighted by molar-refractivity contribution is 0.590. The van der Waals surface area contributed by atoms with Gasteiger partial charge in [0, 0.05) is 34.3 Å². The molecular formula is C20H18ClN4O5PS2. The van der Waals surface area contributed by atoms with E-state index in [0.29, 0.717) is 11.1 Å². The van der Waals surface area contributed by atoms with E-state index in [2.05, 4.69) is 10.2 Å². The summed E-state index contributed by atoms with van der Waals surface area (Å²) in [6.45, 7) is -0.676. The number of benzene rings is 2. The number of hydrogen-bond donors (Lipinski definition) is 2. The maximum absolute atomic E-state index is 13.0. The van der Waals surface area contributed by atoms with Gasteiger partial charge < -0.3 is 10.2 Å². The second kappa shape index (κ2) is 10.2. The highest BCUT2D eigenvalue weighted by atomic mass is 35.7. The van der Waals surface area contributed by atoms with E-state index in [9.17, 15) is 21.4 Å². The third-order valence-corrected chi connectivity index (χ3v) is 8.32. The molecule has 2 aromatic rings. The first-order chi connectivity index (χ1) is 15.3. The van der Waals surface area contributed by atoms with Crippen molar-refractivity contribution in [1.29, 1.82) is 10.5 Å². The molecule has 0 saturated carbocycles. The van der Waals surface area contributed by atoms with Crippen molar-refractivity contribution in [1.82, 2.24) is 0 Å². The minimum atomic E-state index is -3.92. The van der Waals surface area contributed by atoms with E-state index in [1.807, 2.05) is 0 Å². The Morgan fingerprint density at radius 3 is 1.48 bits per heavy atom. The molecule has 0 saturated heterocycles. The number of halogens is 1. The van der Waals surface area contributed by atoms with Crippen LogP contribution in [0.1, 0.15) is 11.1 Å². The number of nitriles is 2. The zero-order chi connectivity index (χ0) is 24.9. The van der Waals surface area contributed by atoms with Gasteiger partial charge in [-0.15, -0.1) is 0 Å². The predicted octanol–water partition coefficient (Wildman–Crippen LogP) is 4.80. The number of rotatable bonds is 8. The van der Waals surface area contributed by atoms with E-state index >= 15 is 0 Å². The summed E-state index contributed by atoms with van der Waals surface area (Å²) < 4.78 is 62.3. The highest BCUT2D eigenvalue weighted by Gasteiger charge is 2.22. The summed E-state index contributed by atoms with van der Waals surface area (Å²) in [5, 5.41) is 23.7. The molecule has 0 aliphatic carbocycles.